The number of hydrogen-bond donors (Lipinski definition) is 3. The monoisotopic (exact) mass is 347 g/mol. The largest absolute Gasteiger partial charge is 0.350 e. The molecule has 3 amide bonds. The third-order valence-electron chi connectivity index (χ3n) is 3.52. The zero-order valence-electron chi connectivity index (χ0n) is 13.7. The van der Waals surface area contributed by atoms with Gasteiger partial charge < -0.3 is 16.0 Å². The third-order valence-corrected chi connectivity index (χ3v) is 3.52. The molecule has 0 radical (unpaired) electrons. The normalized spacial score (nSPS) is 11.5. The average molecular weight is 347 g/mol. The van der Waals surface area contributed by atoms with Crippen molar-refractivity contribution in [1.82, 2.24) is 16.0 Å². The number of carbonyl (C=O) groups excluding carboxylic acids is 2. The van der Waals surface area contributed by atoms with E-state index in [1.807, 2.05) is 30.3 Å². The van der Waals surface area contributed by atoms with Gasteiger partial charge >= 0.3 is 6.03 Å². The molecule has 0 saturated carbocycles. The standard InChI is InChI=1S/C18H19F2N3O2/c1-12(15-8-7-14(19)9-16(15)20)23-18(25)22-11-17(24)21-10-13-5-3-2-4-6-13/h2-9,12H,10-11H2,1H3,(H,21,24)(H2,22,23,25)/t12-/m1/s1. The van der Waals surface area contributed by atoms with Gasteiger partial charge in [-0.05, 0) is 18.6 Å². The highest BCUT2D eigenvalue weighted by molar-refractivity contribution is 5.84. The summed E-state index contributed by atoms with van der Waals surface area (Å²) in [7, 11) is 0. The Morgan fingerprint density at radius 3 is 2.44 bits per heavy atom. The maximum atomic E-state index is 13.7. The van der Waals surface area contributed by atoms with Crippen LogP contribution in [0.2, 0.25) is 0 Å². The van der Waals surface area contributed by atoms with Gasteiger partial charge in [-0.1, -0.05) is 36.4 Å². The summed E-state index contributed by atoms with van der Waals surface area (Å²) in [5, 5.41) is 7.56. The topological polar surface area (TPSA) is 70.2 Å². The van der Waals surface area contributed by atoms with Gasteiger partial charge in [-0.2, -0.15) is 0 Å². The Kier molecular flexibility index (Phi) is 6.45. The van der Waals surface area contributed by atoms with Crippen molar-refractivity contribution in [2.45, 2.75) is 19.5 Å². The molecule has 0 fully saturated rings. The summed E-state index contributed by atoms with van der Waals surface area (Å²) in [5.41, 5.74) is 1.10. The van der Waals surface area contributed by atoms with Crippen LogP contribution in [-0.4, -0.2) is 18.5 Å². The number of benzene rings is 2. The van der Waals surface area contributed by atoms with Crippen molar-refractivity contribution < 1.29 is 18.4 Å². The Bertz CT molecular complexity index is 738. The molecule has 1 atom stereocenters. The highest BCUT2D eigenvalue weighted by Gasteiger charge is 2.14. The summed E-state index contributed by atoms with van der Waals surface area (Å²) in [4.78, 5) is 23.5. The van der Waals surface area contributed by atoms with Crippen LogP contribution in [0.4, 0.5) is 13.6 Å². The van der Waals surface area contributed by atoms with E-state index >= 15 is 0 Å². The predicted octanol–water partition coefficient (Wildman–Crippen LogP) is 2.64. The lowest BCUT2D eigenvalue weighted by molar-refractivity contribution is -0.120. The van der Waals surface area contributed by atoms with Crippen molar-refractivity contribution in [3.8, 4) is 0 Å². The third kappa shape index (κ3) is 5.87. The smallest absolute Gasteiger partial charge is 0.315 e. The zero-order chi connectivity index (χ0) is 18.2. The number of nitrogens with one attached hydrogen (secondary N) is 3. The molecule has 5 nitrogen and oxygen atoms in total. The fourth-order valence-electron chi connectivity index (χ4n) is 2.20. The van der Waals surface area contributed by atoms with Crippen LogP contribution in [-0.2, 0) is 11.3 Å². The maximum absolute atomic E-state index is 13.7. The number of carbonyl (C=O) groups is 2. The van der Waals surface area contributed by atoms with E-state index in [2.05, 4.69) is 16.0 Å². The van der Waals surface area contributed by atoms with E-state index in [9.17, 15) is 18.4 Å². The molecule has 0 aromatic heterocycles. The van der Waals surface area contributed by atoms with Gasteiger partial charge in [0.2, 0.25) is 5.91 Å². The molecule has 2 rings (SSSR count). The van der Waals surface area contributed by atoms with Crippen LogP contribution < -0.4 is 16.0 Å². The Morgan fingerprint density at radius 1 is 1.04 bits per heavy atom. The second kappa shape index (κ2) is 8.77. The van der Waals surface area contributed by atoms with Crippen LogP contribution in [0.5, 0.6) is 0 Å². The number of hydrogen-bond acceptors (Lipinski definition) is 2. The first kappa shape index (κ1) is 18.4. The Morgan fingerprint density at radius 2 is 1.76 bits per heavy atom. The van der Waals surface area contributed by atoms with E-state index < -0.39 is 23.7 Å². The first-order valence-electron chi connectivity index (χ1n) is 7.75. The highest BCUT2D eigenvalue weighted by atomic mass is 19.1. The number of halogens is 2. The quantitative estimate of drug-likeness (QED) is 0.752. The van der Waals surface area contributed by atoms with E-state index in [1.54, 1.807) is 6.92 Å². The second-order valence-corrected chi connectivity index (χ2v) is 5.48. The molecule has 2 aromatic carbocycles. The van der Waals surface area contributed by atoms with Crippen molar-refractivity contribution in [2.24, 2.45) is 0 Å². The van der Waals surface area contributed by atoms with Crippen LogP contribution in [0, 0.1) is 11.6 Å². The first-order chi connectivity index (χ1) is 12.0. The summed E-state index contributed by atoms with van der Waals surface area (Å²) in [6.45, 7) is 1.71. The van der Waals surface area contributed by atoms with Crippen molar-refractivity contribution in [3.63, 3.8) is 0 Å². The fraction of sp³-hybridized carbons (Fsp3) is 0.222. The zero-order valence-corrected chi connectivity index (χ0v) is 13.7. The van der Waals surface area contributed by atoms with Gasteiger partial charge in [-0.3, -0.25) is 4.79 Å². The molecular weight excluding hydrogens is 328 g/mol. The summed E-state index contributed by atoms with van der Waals surface area (Å²) in [6.07, 6.45) is 0. The minimum Gasteiger partial charge on any atom is -0.350 e. The number of amides is 3. The van der Waals surface area contributed by atoms with Gasteiger partial charge in [0, 0.05) is 18.2 Å². The predicted molar refractivity (Wildman–Crippen MR) is 89.6 cm³/mol. The summed E-state index contributed by atoms with van der Waals surface area (Å²) in [5.74, 6) is -1.78. The van der Waals surface area contributed by atoms with Crippen LogP contribution >= 0.6 is 0 Å². The highest BCUT2D eigenvalue weighted by Crippen LogP contribution is 2.17. The molecule has 7 heteroatoms. The van der Waals surface area contributed by atoms with Crippen LogP contribution in [0.15, 0.2) is 48.5 Å². The minimum atomic E-state index is -0.742. The molecule has 0 aliphatic heterocycles. The van der Waals surface area contributed by atoms with E-state index in [0.29, 0.717) is 6.54 Å². The molecular formula is C18H19F2N3O2. The average Bonchev–Trinajstić information content (AvgIpc) is 2.59. The maximum Gasteiger partial charge on any atom is 0.315 e. The van der Waals surface area contributed by atoms with Gasteiger partial charge in [0.1, 0.15) is 11.6 Å². The fourth-order valence-corrected chi connectivity index (χ4v) is 2.20. The number of rotatable bonds is 6. The van der Waals surface area contributed by atoms with E-state index in [1.165, 1.54) is 6.07 Å². The van der Waals surface area contributed by atoms with Gasteiger partial charge in [0.05, 0.1) is 12.6 Å². The van der Waals surface area contributed by atoms with Crippen LogP contribution in [0.1, 0.15) is 24.1 Å². The van der Waals surface area contributed by atoms with Gasteiger partial charge in [0.15, 0.2) is 0 Å². The molecule has 0 spiro atoms. The van der Waals surface area contributed by atoms with E-state index in [-0.39, 0.29) is 18.0 Å². The molecule has 2 aromatic rings. The van der Waals surface area contributed by atoms with Crippen molar-refractivity contribution in [3.05, 3.63) is 71.3 Å². The van der Waals surface area contributed by atoms with Gasteiger partial charge in [-0.15, -0.1) is 0 Å². The molecule has 132 valence electrons. The molecule has 0 aliphatic rings. The first-order valence-corrected chi connectivity index (χ1v) is 7.75. The molecule has 3 N–H and O–H groups in total. The molecule has 0 bridgehead atoms. The molecule has 0 heterocycles. The summed E-state index contributed by atoms with van der Waals surface area (Å²) < 4.78 is 26.5. The Labute approximate surface area is 144 Å². The van der Waals surface area contributed by atoms with Crippen molar-refractivity contribution >= 4 is 11.9 Å². The SMILES string of the molecule is C[C@@H](NC(=O)NCC(=O)NCc1ccccc1)c1ccc(F)cc1F. The Hall–Kier alpha value is -2.96. The van der Waals surface area contributed by atoms with Crippen LogP contribution in [0.3, 0.4) is 0 Å². The van der Waals surface area contributed by atoms with Gasteiger partial charge in [0.25, 0.3) is 0 Å². The summed E-state index contributed by atoms with van der Waals surface area (Å²) >= 11 is 0. The molecule has 0 aliphatic carbocycles. The van der Waals surface area contributed by atoms with E-state index in [0.717, 1.165) is 17.7 Å². The lowest BCUT2D eigenvalue weighted by Gasteiger charge is -2.15. The second-order valence-electron chi connectivity index (χ2n) is 5.48. The molecule has 0 unspecified atom stereocenters. The molecule has 25 heavy (non-hydrogen) atoms. The lowest BCUT2D eigenvalue weighted by Crippen LogP contribution is -2.42. The van der Waals surface area contributed by atoms with Crippen molar-refractivity contribution in [1.29, 1.82) is 0 Å². The lowest BCUT2D eigenvalue weighted by atomic mass is 10.1. The molecule has 0 saturated heterocycles. The van der Waals surface area contributed by atoms with Gasteiger partial charge in [-0.25, -0.2) is 13.6 Å². The van der Waals surface area contributed by atoms with Crippen LogP contribution in [0.25, 0.3) is 0 Å². The number of urea groups is 1. The van der Waals surface area contributed by atoms with Crippen molar-refractivity contribution in [2.75, 3.05) is 6.54 Å². The Balaban J connectivity index is 1.75. The summed E-state index contributed by atoms with van der Waals surface area (Å²) in [6, 6.07) is 11.2. The minimum absolute atomic E-state index is 0.157. The van der Waals surface area contributed by atoms with E-state index in [4.69, 9.17) is 0 Å².